The van der Waals surface area contributed by atoms with Gasteiger partial charge in [-0.1, -0.05) is 42.0 Å². The second-order valence-corrected chi connectivity index (χ2v) is 6.94. The van der Waals surface area contributed by atoms with Gasteiger partial charge in [-0.25, -0.2) is 4.57 Å². The first kappa shape index (κ1) is 14.6. The molecule has 0 radical (unpaired) electrons. The summed E-state index contributed by atoms with van der Waals surface area (Å²) >= 11 is 0. The quantitative estimate of drug-likeness (QED) is 0.615. The summed E-state index contributed by atoms with van der Waals surface area (Å²) in [6, 6.07) is 15.0. The van der Waals surface area contributed by atoms with Crippen LogP contribution >= 0.6 is 0 Å². The van der Waals surface area contributed by atoms with Crippen molar-refractivity contribution >= 4 is 0 Å². The van der Waals surface area contributed by atoms with Gasteiger partial charge in [0.15, 0.2) is 18.9 Å². The number of allylic oxidation sites excluding steroid dienone is 1. The SMILES string of the molecule is CC1=CC[C@H]2CO[C@H](c3ccc[n+](Cc4ccccc4)c3)[C@@H]1C2. The number of benzene rings is 1. The van der Waals surface area contributed by atoms with Crippen LogP contribution in [-0.4, -0.2) is 6.61 Å². The van der Waals surface area contributed by atoms with Crippen molar-refractivity contribution in [2.24, 2.45) is 11.8 Å². The third-order valence-electron chi connectivity index (χ3n) is 5.24. The van der Waals surface area contributed by atoms with E-state index in [1.165, 1.54) is 29.5 Å². The van der Waals surface area contributed by atoms with Crippen molar-refractivity contribution in [1.29, 1.82) is 0 Å². The summed E-state index contributed by atoms with van der Waals surface area (Å²) in [5.74, 6) is 1.27. The van der Waals surface area contributed by atoms with Gasteiger partial charge in [0.2, 0.25) is 0 Å². The number of ether oxygens (including phenoxy) is 1. The molecule has 0 N–H and O–H groups in total. The standard InChI is InChI=1S/C21H24NO/c1-16-9-10-18-12-20(16)21(23-15-18)19-8-5-11-22(14-19)13-17-6-3-2-4-7-17/h2-9,11,14,18,20-21H,10,12-13,15H2,1H3/q+1/t18-,20-,21-/m1/s1. The Kier molecular flexibility index (Phi) is 4.00. The normalized spacial score (nSPS) is 26.7. The largest absolute Gasteiger partial charge is 0.372 e. The Morgan fingerprint density at radius 3 is 2.87 bits per heavy atom. The van der Waals surface area contributed by atoms with Crippen molar-refractivity contribution in [3.05, 3.63) is 77.6 Å². The molecule has 0 saturated carbocycles. The fourth-order valence-electron chi connectivity index (χ4n) is 3.93. The summed E-state index contributed by atoms with van der Waals surface area (Å²) in [5, 5.41) is 0. The van der Waals surface area contributed by atoms with Gasteiger partial charge in [0.1, 0.15) is 0 Å². The molecule has 2 heterocycles. The van der Waals surface area contributed by atoms with Crippen molar-refractivity contribution in [3.8, 4) is 0 Å². The topological polar surface area (TPSA) is 13.1 Å². The minimum Gasteiger partial charge on any atom is -0.372 e. The summed E-state index contributed by atoms with van der Waals surface area (Å²) < 4.78 is 8.52. The highest BCUT2D eigenvalue weighted by molar-refractivity contribution is 5.20. The number of hydrogen-bond acceptors (Lipinski definition) is 1. The van der Waals surface area contributed by atoms with Gasteiger partial charge in [-0.2, -0.15) is 0 Å². The number of rotatable bonds is 3. The molecule has 0 unspecified atom stereocenters. The molecule has 0 spiro atoms. The summed E-state index contributed by atoms with van der Waals surface area (Å²) in [5.41, 5.74) is 4.14. The average molecular weight is 306 g/mol. The number of fused-ring (bicyclic) bond motifs is 2. The predicted molar refractivity (Wildman–Crippen MR) is 90.8 cm³/mol. The second-order valence-electron chi connectivity index (χ2n) is 6.94. The van der Waals surface area contributed by atoms with Gasteiger partial charge in [-0.3, -0.25) is 0 Å². The van der Waals surface area contributed by atoms with Crippen molar-refractivity contribution in [2.75, 3.05) is 6.61 Å². The highest BCUT2D eigenvalue weighted by Crippen LogP contribution is 2.43. The first-order valence-corrected chi connectivity index (χ1v) is 8.61. The predicted octanol–water partition coefficient (Wildman–Crippen LogP) is 4.07. The van der Waals surface area contributed by atoms with E-state index in [9.17, 15) is 0 Å². The molecule has 4 rings (SSSR count). The third kappa shape index (κ3) is 3.09. The van der Waals surface area contributed by atoms with Gasteiger partial charge in [0.25, 0.3) is 0 Å². The molecule has 3 atom stereocenters. The lowest BCUT2D eigenvalue weighted by Crippen LogP contribution is -2.37. The summed E-state index contributed by atoms with van der Waals surface area (Å²) in [6.45, 7) is 4.07. The molecule has 2 heteroatoms. The fourth-order valence-corrected chi connectivity index (χ4v) is 3.93. The molecule has 2 aromatic rings. The first-order chi connectivity index (χ1) is 11.3. The zero-order valence-corrected chi connectivity index (χ0v) is 13.7. The van der Waals surface area contributed by atoms with Crippen LogP contribution < -0.4 is 4.57 Å². The Morgan fingerprint density at radius 2 is 2.00 bits per heavy atom. The average Bonchev–Trinajstić information content (AvgIpc) is 2.60. The maximum atomic E-state index is 6.25. The molecule has 1 aliphatic heterocycles. The number of hydrogen-bond donors (Lipinski definition) is 0. The smallest absolute Gasteiger partial charge is 0.174 e. The van der Waals surface area contributed by atoms with E-state index >= 15 is 0 Å². The highest BCUT2D eigenvalue weighted by atomic mass is 16.5. The van der Waals surface area contributed by atoms with Gasteiger partial charge in [-0.05, 0) is 31.7 Å². The van der Waals surface area contributed by atoms with Crippen LogP contribution in [-0.2, 0) is 11.3 Å². The van der Waals surface area contributed by atoms with Gasteiger partial charge in [-0.15, -0.1) is 0 Å². The van der Waals surface area contributed by atoms with Crippen LogP contribution in [0.4, 0.5) is 0 Å². The van der Waals surface area contributed by atoms with Crippen LogP contribution in [0.1, 0.15) is 37.0 Å². The molecule has 23 heavy (non-hydrogen) atoms. The highest BCUT2D eigenvalue weighted by Gasteiger charge is 2.36. The van der Waals surface area contributed by atoms with Gasteiger partial charge in [0.05, 0.1) is 12.7 Å². The zero-order chi connectivity index (χ0) is 15.6. The molecule has 118 valence electrons. The van der Waals surface area contributed by atoms with Crippen molar-refractivity contribution < 1.29 is 9.30 Å². The van der Waals surface area contributed by atoms with E-state index < -0.39 is 0 Å². The zero-order valence-electron chi connectivity index (χ0n) is 13.7. The van der Waals surface area contributed by atoms with E-state index in [0.29, 0.717) is 5.92 Å². The van der Waals surface area contributed by atoms with Gasteiger partial charge >= 0.3 is 0 Å². The molecule has 2 nitrogen and oxygen atoms in total. The molecule has 1 aliphatic carbocycles. The number of nitrogens with zero attached hydrogens (tertiary/aromatic N) is 1. The monoisotopic (exact) mass is 306 g/mol. The molecule has 0 amide bonds. The summed E-state index contributed by atoms with van der Waals surface area (Å²) in [6.07, 6.45) is 9.52. The van der Waals surface area contributed by atoms with Crippen LogP contribution in [0.3, 0.4) is 0 Å². The van der Waals surface area contributed by atoms with Crippen LogP contribution in [0.25, 0.3) is 0 Å². The van der Waals surface area contributed by atoms with Crippen LogP contribution in [0.15, 0.2) is 66.5 Å². The lowest BCUT2D eigenvalue weighted by Gasteiger charge is -2.39. The molecule has 1 aromatic carbocycles. The molecule has 1 saturated heterocycles. The Labute approximate surface area is 138 Å². The molecule has 1 fully saturated rings. The van der Waals surface area contributed by atoms with Crippen molar-refractivity contribution in [1.82, 2.24) is 0 Å². The maximum absolute atomic E-state index is 6.25. The minimum absolute atomic E-state index is 0.214. The molecule has 2 bridgehead atoms. The second kappa shape index (κ2) is 6.29. The van der Waals surface area contributed by atoms with Gasteiger partial charge in [0, 0.05) is 23.1 Å². The van der Waals surface area contributed by atoms with Crippen LogP contribution in [0, 0.1) is 11.8 Å². The van der Waals surface area contributed by atoms with Gasteiger partial charge < -0.3 is 4.74 Å². The summed E-state index contributed by atoms with van der Waals surface area (Å²) in [7, 11) is 0. The number of pyridine rings is 1. The molecule has 2 aliphatic rings. The van der Waals surface area contributed by atoms with E-state index in [4.69, 9.17) is 4.74 Å². The first-order valence-electron chi connectivity index (χ1n) is 8.61. The lowest BCUT2D eigenvalue weighted by molar-refractivity contribution is -0.689. The van der Waals surface area contributed by atoms with Crippen LogP contribution in [0.2, 0.25) is 0 Å². The van der Waals surface area contributed by atoms with E-state index in [1.807, 2.05) is 0 Å². The maximum Gasteiger partial charge on any atom is 0.174 e. The van der Waals surface area contributed by atoms with Crippen molar-refractivity contribution in [2.45, 2.75) is 32.4 Å². The molecule has 1 aromatic heterocycles. The van der Waals surface area contributed by atoms with E-state index in [-0.39, 0.29) is 6.10 Å². The Balaban J connectivity index is 1.58. The fraction of sp³-hybridized carbons (Fsp3) is 0.381. The third-order valence-corrected chi connectivity index (χ3v) is 5.24. The van der Waals surface area contributed by atoms with E-state index in [2.05, 4.69) is 72.4 Å². The Bertz CT molecular complexity index is 707. The van der Waals surface area contributed by atoms with Crippen molar-refractivity contribution in [3.63, 3.8) is 0 Å². The molecular weight excluding hydrogens is 282 g/mol. The molecular formula is C21H24NO+. The lowest BCUT2D eigenvalue weighted by atomic mass is 9.75. The Morgan fingerprint density at radius 1 is 1.13 bits per heavy atom. The minimum atomic E-state index is 0.214. The van der Waals surface area contributed by atoms with E-state index in [1.54, 1.807) is 0 Å². The summed E-state index contributed by atoms with van der Waals surface area (Å²) in [4.78, 5) is 0. The number of aromatic nitrogens is 1. The van der Waals surface area contributed by atoms with E-state index in [0.717, 1.165) is 19.1 Å². The van der Waals surface area contributed by atoms with Crippen LogP contribution in [0.5, 0.6) is 0 Å². The Hall–Kier alpha value is -1.93.